The summed E-state index contributed by atoms with van der Waals surface area (Å²) in [5.41, 5.74) is 6.92. The molecule has 0 aliphatic heterocycles. The van der Waals surface area contributed by atoms with Crippen LogP contribution in [0.25, 0.3) is 0 Å². The van der Waals surface area contributed by atoms with Gasteiger partial charge in [0, 0.05) is 16.1 Å². The summed E-state index contributed by atoms with van der Waals surface area (Å²) in [6.07, 6.45) is 0. The van der Waals surface area contributed by atoms with Crippen LogP contribution in [0, 0.1) is 6.92 Å². The van der Waals surface area contributed by atoms with Gasteiger partial charge in [-0.25, -0.2) is 0 Å². The molecule has 0 aliphatic carbocycles. The summed E-state index contributed by atoms with van der Waals surface area (Å²) in [6.45, 7) is 1.81. The van der Waals surface area contributed by atoms with Crippen molar-refractivity contribution in [3.8, 4) is 5.75 Å². The number of nitrogen functional groups attached to an aromatic ring is 1. The minimum Gasteiger partial charge on any atom is -0.759 e. The summed E-state index contributed by atoms with van der Waals surface area (Å²) in [4.78, 5) is 0. The summed E-state index contributed by atoms with van der Waals surface area (Å²) in [6, 6.07) is 4.99. The van der Waals surface area contributed by atoms with Crippen molar-refractivity contribution in [1.82, 2.24) is 0 Å². The Morgan fingerprint density at radius 3 is 2.07 bits per heavy atom. The molecule has 0 heterocycles. The summed E-state index contributed by atoms with van der Waals surface area (Å²) >= 11 is 0. The van der Waals surface area contributed by atoms with Crippen LogP contribution in [0.3, 0.4) is 0 Å². The Hall–Kier alpha value is -1.31. The highest BCUT2D eigenvalue weighted by Crippen LogP contribution is 2.17. The van der Waals surface area contributed by atoms with Crippen LogP contribution >= 0.6 is 0 Å². The number of phenolic OH excluding ortho intramolecular Hbond substituents is 1. The fraction of sp³-hybridized carbons (Fsp3) is 0.143. The highest BCUT2D eigenvalue weighted by molar-refractivity contribution is 7.79. The molecule has 0 bridgehead atoms. The van der Waals surface area contributed by atoms with E-state index in [1.54, 1.807) is 18.2 Å². The Bertz CT molecular complexity index is 393. The van der Waals surface area contributed by atoms with Crippen LogP contribution in [0.15, 0.2) is 18.2 Å². The second-order valence-electron chi connectivity index (χ2n) is 2.45. The normalized spacial score (nSPS) is 10.2. The highest BCUT2D eigenvalue weighted by atomic mass is 32.3. The van der Waals surface area contributed by atoms with Gasteiger partial charge in [-0.15, -0.1) is 0 Å². The second kappa shape index (κ2) is 4.80. The SMILES string of the molecule is Cc1cc(N)ccc1O.O=S(=O)([O-])[O-]. The Kier molecular flexibility index (Phi) is 4.35. The third kappa shape index (κ3) is 7.35. The lowest BCUT2D eigenvalue weighted by atomic mass is 10.2. The molecule has 80 valence electrons. The Morgan fingerprint density at radius 2 is 1.79 bits per heavy atom. The number of hydrogen-bond donors (Lipinski definition) is 2. The molecule has 6 nitrogen and oxygen atoms in total. The summed E-state index contributed by atoms with van der Waals surface area (Å²) < 4.78 is 34.1. The standard InChI is InChI=1S/C7H9NO.H2O4S/c1-5-4-6(8)2-3-7(5)9;1-5(2,3)4/h2-4,9H,8H2,1H3;(H2,1,2,3,4)/p-2. The molecule has 0 saturated carbocycles. The Balaban J connectivity index is 0.000000292. The molecule has 0 saturated heterocycles. The zero-order valence-corrected chi connectivity index (χ0v) is 8.11. The predicted octanol–water partition coefficient (Wildman–Crippen LogP) is -0.0552. The zero-order valence-electron chi connectivity index (χ0n) is 7.30. The maximum Gasteiger partial charge on any atom is 0.118 e. The van der Waals surface area contributed by atoms with E-state index in [0.29, 0.717) is 11.4 Å². The van der Waals surface area contributed by atoms with E-state index in [9.17, 15) is 0 Å². The van der Waals surface area contributed by atoms with E-state index in [4.69, 9.17) is 28.4 Å². The smallest absolute Gasteiger partial charge is 0.118 e. The number of benzene rings is 1. The van der Waals surface area contributed by atoms with Crippen LogP contribution in [0.4, 0.5) is 5.69 Å². The first kappa shape index (κ1) is 12.7. The van der Waals surface area contributed by atoms with Crippen molar-refractivity contribution in [3.63, 3.8) is 0 Å². The minimum atomic E-state index is -5.17. The fourth-order valence-corrected chi connectivity index (χ4v) is 0.679. The second-order valence-corrected chi connectivity index (χ2v) is 3.27. The first-order valence-electron chi connectivity index (χ1n) is 3.42. The quantitative estimate of drug-likeness (QED) is 0.272. The van der Waals surface area contributed by atoms with Crippen LogP contribution in [0.1, 0.15) is 5.56 Å². The van der Waals surface area contributed by atoms with E-state index < -0.39 is 10.4 Å². The monoisotopic (exact) mass is 219 g/mol. The molecular formula is C7H9NO5S-2. The largest absolute Gasteiger partial charge is 0.759 e. The molecule has 0 aliphatic rings. The first-order chi connectivity index (χ1) is 6.20. The van der Waals surface area contributed by atoms with Gasteiger partial charge in [-0.2, -0.15) is 0 Å². The topological polar surface area (TPSA) is 127 Å². The van der Waals surface area contributed by atoms with Crippen molar-refractivity contribution in [2.45, 2.75) is 6.92 Å². The molecule has 0 amide bonds. The van der Waals surface area contributed by atoms with Crippen LogP contribution in [0.5, 0.6) is 5.75 Å². The van der Waals surface area contributed by atoms with Crippen LogP contribution in [-0.4, -0.2) is 22.6 Å². The Labute approximate surface area is 81.6 Å². The van der Waals surface area contributed by atoms with Crippen molar-refractivity contribution in [3.05, 3.63) is 23.8 Å². The van der Waals surface area contributed by atoms with Gasteiger partial charge in [0.2, 0.25) is 0 Å². The lowest BCUT2D eigenvalue weighted by molar-refractivity contribution is 0.352. The number of rotatable bonds is 0. The average molecular weight is 219 g/mol. The summed E-state index contributed by atoms with van der Waals surface area (Å²) in [7, 11) is -5.17. The number of aromatic hydroxyl groups is 1. The minimum absolute atomic E-state index is 0.296. The number of aryl methyl sites for hydroxylation is 1. The molecule has 0 unspecified atom stereocenters. The molecule has 0 radical (unpaired) electrons. The zero-order chi connectivity index (χ0) is 11.4. The molecule has 0 aromatic heterocycles. The van der Waals surface area contributed by atoms with Crippen molar-refractivity contribution in [1.29, 1.82) is 0 Å². The van der Waals surface area contributed by atoms with Crippen molar-refractivity contribution in [2.75, 3.05) is 5.73 Å². The van der Waals surface area contributed by atoms with Crippen molar-refractivity contribution in [2.24, 2.45) is 0 Å². The van der Waals surface area contributed by atoms with E-state index in [1.807, 2.05) is 6.92 Å². The van der Waals surface area contributed by atoms with Gasteiger partial charge in [-0.1, -0.05) is 0 Å². The summed E-state index contributed by atoms with van der Waals surface area (Å²) in [5.74, 6) is 0.296. The first-order valence-corrected chi connectivity index (χ1v) is 4.75. The van der Waals surface area contributed by atoms with Gasteiger partial charge in [-0.3, -0.25) is 8.42 Å². The maximum absolute atomic E-state index is 8.99. The molecule has 0 spiro atoms. The van der Waals surface area contributed by atoms with E-state index in [2.05, 4.69) is 0 Å². The molecule has 3 N–H and O–H groups in total. The number of hydrogen-bond acceptors (Lipinski definition) is 6. The lowest BCUT2D eigenvalue weighted by Crippen LogP contribution is -1.91. The van der Waals surface area contributed by atoms with E-state index in [0.717, 1.165) is 5.56 Å². The number of phenols is 1. The third-order valence-corrected chi connectivity index (χ3v) is 1.22. The Morgan fingerprint density at radius 1 is 1.36 bits per heavy atom. The average Bonchev–Trinajstić information content (AvgIpc) is 1.94. The molecule has 14 heavy (non-hydrogen) atoms. The molecule has 0 atom stereocenters. The van der Waals surface area contributed by atoms with Gasteiger partial charge >= 0.3 is 0 Å². The van der Waals surface area contributed by atoms with Gasteiger partial charge < -0.3 is 19.9 Å². The maximum atomic E-state index is 8.99. The third-order valence-electron chi connectivity index (χ3n) is 1.22. The van der Waals surface area contributed by atoms with Crippen LogP contribution in [0.2, 0.25) is 0 Å². The van der Waals surface area contributed by atoms with Crippen molar-refractivity contribution < 1.29 is 22.6 Å². The summed E-state index contributed by atoms with van der Waals surface area (Å²) in [5, 5.41) is 8.99. The highest BCUT2D eigenvalue weighted by Gasteiger charge is 1.92. The van der Waals surface area contributed by atoms with E-state index in [1.165, 1.54) is 0 Å². The molecule has 1 aromatic carbocycles. The van der Waals surface area contributed by atoms with Gasteiger partial charge in [0.1, 0.15) is 5.75 Å². The molecular weight excluding hydrogens is 210 g/mol. The fourth-order valence-electron chi connectivity index (χ4n) is 0.679. The number of nitrogens with two attached hydrogens (primary N) is 1. The van der Waals surface area contributed by atoms with Gasteiger partial charge in [-0.05, 0) is 30.7 Å². The van der Waals surface area contributed by atoms with E-state index >= 15 is 0 Å². The lowest BCUT2D eigenvalue weighted by Gasteiger charge is -2.06. The predicted molar refractivity (Wildman–Crippen MR) is 47.7 cm³/mol. The molecule has 7 heteroatoms. The molecule has 1 rings (SSSR count). The van der Waals surface area contributed by atoms with Gasteiger partial charge in [0.05, 0.1) is 0 Å². The van der Waals surface area contributed by atoms with E-state index in [-0.39, 0.29) is 0 Å². The number of anilines is 1. The van der Waals surface area contributed by atoms with Crippen molar-refractivity contribution >= 4 is 16.1 Å². The molecule has 1 aromatic rings. The van der Waals surface area contributed by atoms with Crippen LogP contribution < -0.4 is 5.73 Å². The van der Waals surface area contributed by atoms with Gasteiger partial charge in [0.15, 0.2) is 0 Å². The van der Waals surface area contributed by atoms with Crippen LogP contribution in [-0.2, 0) is 10.4 Å². The van der Waals surface area contributed by atoms with Gasteiger partial charge in [0.25, 0.3) is 0 Å². The molecule has 0 fully saturated rings.